The average Bonchev–Trinajstić information content (AvgIpc) is 2.59. The highest BCUT2D eigenvalue weighted by Crippen LogP contribution is 2.35. The number of benzene rings is 1. The molecule has 24 heavy (non-hydrogen) atoms. The van der Waals surface area contributed by atoms with Crippen LogP contribution in [-0.2, 0) is 4.79 Å². The van der Waals surface area contributed by atoms with E-state index in [0.29, 0.717) is 23.3 Å². The van der Waals surface area contributed by atoms with Crippen LogP contribution in [0.3, 0.4) is 0 Å². The van der Waals surface area contributed by atoms with Gasteiger partial charge in [0.2, 0.25) is 0 Å². The smallest absolute Gasteiger partial charge is 0.272 e. The molecule has 0 bridgehead atoms. The number of fused-ring (bicyclic) bond motifs is 1. The van der Waals surface area contributed by atoms with Crippen molar-refractivity contribution in [3.05, 3.63) is 33.9 Å². The van der Waals surface area contributed by atoms with Gasteiger partial charge in [-0.3, -0.25) is 14.9 Å². The minimum absolute atomic E-state index is 0.000467. The minimum atomic E-state index is -0.415. The van der Waals surface area contributed by atoms with Gasteiger partial charge < -0.3 is 9.64 Å². The number of carbonyl (C=O) groups excluding carboxylic acids is 1. The van der Waals surface area contributed by atoms with E-state index in [4.69, 9.17) is 4.74 Å². The van der Waals surface area contributed by atoms with Crippen LogP contribution in [0.4, 0.5) is 5.69 Å². The van der Waals surface area contributed by atoms with Crippen LogP contribution in [0.15, 0.2) is 18.2 Å². The summed E-state index contributed by atoms with van der Waals surface area (Å²) >= 11 is 0. The first-order valence-electron chi connectivity index (χ1n) is 8.73. The molecule has 1 aliphatic heterocycles. The van der Waals surface area contributed by atoms with Crippen molar-refractivity contribution in [1.82, 2.24) is 4.90 Å². The number of hydrogen-bond donors (Lipinski definition) is 0. The highest BCUT2D eigenvalue weighted by Gasteiger charge is 2.35. The number of carbonyl (C=O) groups is 1. The quantitative estimate of drug-likeness (QED) is 0.625. The van der Waals surface area contributed by atoms with E-state index < -0.39 is 4.92 Å². The fourth-order valence-corrected chi connectivity index (χ4v) is 4.08. The third-order valence-corrected chi connectivity index (χ3v) is 5.29. The number of piperidine rings is 1. The van der Waals surface area contributed by atoms with Crippen molar-refractivity contribution < 1.29 is 14.5 Å². The van der Waals surface area contributed by atoms with Crippen LogP contribution in [0.25, 0.3) is 0 Å². The van der Waals surface area contributed by atoms with Crippen molar-refractivity contribution in [1.29, 1.82) is 0 Å². The zero-order chi connectivity index (χ0) is 17.1. The van der Waals surface area contributed by atoms with Crippen LogP contribution in [0, 0.1) is 23.0 Å². The van der Waals surface area contributed by atoms with E-state index in [1.54, 1.807) is 19.1 Å². The van der Waals surface area contributed by atoms with Crippen molar-refractivity contribution in [3.8, 4) is 5.75 Å². The summed E-state index contributed by atoms with van der Waals surface area (Å²) in [5.41, 5.74) is 0.602. The molecule has 0 spiro atoms. The molecular formula is C18H24N2O4. The fraction of sp³-hybridized carbons (Fsp3) is 0.611. The molecule has 2 aliphatic rings. The molecule has 1 aromatic rings. The first-order chi connectivity index (χ1) is 11.6. The van der Waals surface area contributed by atoms with E-state index in [9.17, 15) is 14.9 Å². The first kappa shape index (κ1) is 16.7. The third-order valence-electron chi connectivity index (χ3n) is 5.29. The lowest BCUT2D eigenvalue weighted by molar-refractivity contribution is -0.385. The minimum Gasteiger partial charge on any atom is -0.484 e. The zero-order valence-electron chi connectivity index (χ0n) is 14.1. The van der Waals surface area contributed by atoms with Crippen molar-refractivity contribution in [3.63, 3.8) is 0 Å². The van der Waals surface area contributed by atoms with E-state index in [2.05, 4.69) is 0 Å². The molecule has 2 atom stereocenters. The van der Waals surface area contributed by atoms with Gasteiger partial charge in [-0.1, -0.05) is 12.8 Å². The molecule has 1 saturated carbocycles. The number of ether oxygens (including phenoxy) is 1. The standard InChI is InChI=1S/C18H24N2O4/c1-13-11-15(8-9-16(13)20(22)23)24-12-18(21)19-10-4-6-14-5-2-3-7-17(14)19/h8-9,11,14,17H,2-7,10,12H2,1H3/t14-,17-/m0/s1. The van der Waals surface area contributed by atoms with Gasteiger partial charge in [0.1, 0.15) is 5.75 Å². The number of hydrogen-bond acceptors (Lipinski definition) is 4. The molecular weight excluding hydrogens is 308 g/mol. The third kappa shape index (κ3) is 3.52. The van der Waals surface area contributed by atoms with Gasteiger partial charge in [0.15, 0.2) is 6.61 Å². The number of likely N-dealkylation sites (tertiary alicyclic amines) is 1. The Morgan fingerprint density at radius 2 is 2.04 bits per heavy atom. The van der Waals surface area contributed by atoms with Gasteiger partial charge in [-0.15, -0.1) is 0 Å². The Bertz CT molecular complexity index is 629. The van der Waals surface area contributed by atoms with Crippen molar-refractivity contribution in [2.24, 2.45) is 5.92 Å². The van der Waals surface area contributed by atoms with Crippen molar-refractivity contribution in [2.45, 2.75) is 51.5 Å². The Morgan fingerprint density at radius 1 is 1.29 bits per heavy atom. The molecule has 1 amide bonds. The molecule has 0 N–H and O–H groups in total. The monoisotopic (exact) mass is 332 g/mol. The SMILES string of the molecule is Cc1cc(OCC(=O)N2CCC[C@@H]3CCCC[C@@H]32)ccc1[N+](=O)[O-]. The lowest BCUT2D eigenvalue weighted by Crippen LogP contribution is -2.51. The van der Waals surface area contributed by atoms with E-state index >= 15 is 0 Å². The van der Waals surface area contributed by atoms with Crippen LogP contribution in [0.2, 0.25) is 0 Å². The summed E-state index contributed by atoms with van der Waals surface area (Å²) in [7, 11) is 0. The number of amides is 1. The second-order valence-electron chi connectivity index (χ2n) is 6.84. The van der Waals surface area contributed by atoms with Crippen molar-refractivity contribution >= 4 is 11.6 Å². The molecule has 1 aromatic carbocycles. The molecule has 3 rings (SSSR count). The Kier molecular flexibility index (Phi) is 5.02. The molecule has 0 radical (unpaired) electrons. The van der Waals surface area contributed by atoms with Crippen LogP contribution in [-0.4, -0.2) is 34.9 Å². The molecule has 6 nitrogen and oxygen atoms in total. The first-order valence-corrected chi connectivity index (χ1v) is 8.73. The van der Waals surface area contributed by atoms with Crippen LogP contribution in [0.1, 0.15) is 44.1 Å². The summed E-state index contributed by atoms with van der Waals surface area (Å²) in [4.78, 5) is 25.0. The maximum atomic E-state index is 12.6. The van der Waals surface area contributed by atoms with E-state index in [1.165, 1.54) is 31.7 Å². The number of nitro groups is 1. The summed E-state index contributed by atoms with van der Waals surface area (Å²) in [6.07, 6.45) is 7.12. The Hall–Kier alpha value is -2.11. The molecule has 1 aliphatic carbocycles. The second kappa shape index (κ2) is 7.20. The maximum Gasteiger partial charge on any atom is 0.272 e. The summed E-state index contributed by atoms with van der Waals surface area (Å²) < 4.78 is 5.60. The highest BCUT2D eigenvalue weighted by atomic mass is 16.6. The molecule has 2 fully saturated rings. The molecule has 1 heterocycles. The van der Waals surface area contributed by atoms with Gasteiger partial charge >= 0.3 is 0 Å². The van der Waals surface area contributed by atoms with Crippen LogP contribution in [0.5, 0.6) is 5.75 Å². The fourth-order valence-electron chi connectivity index (χ4n) is 4.08. The zero-order valence-corrected chi connectivity index (χ0v) is 14.1. The largest absolute Gasteiger partial charge is 0.484 e. The predicted octanol–water partition coefficient (Wildman–Crippen LogP) is 3.46. The van der Waals surface area contributed by atoms with Gasteiger partial charge in [-0.05, 0) is 50.7 Å². The predicted molar refractivity (Wildman–Crippen MR) is 90.0 cm³/mol. The molecule has 0 unspecified atom stereocenters. The Morgan fingerprint density at radius 3 is 2.79 bits per heavy atom. The average molecular weight is 332 g/mol. The molecule has 130 valence electrons. The lowest BCUT2D eigenvalue weighted by Gasteiger charge is -2.44. The summed E-state index contributed by atoms with van der Waals surface area (Å²) in [5, 5.41) is 10.8. The van der Waals surface area contributed by atoms with Gasteiger partial charge in [-0.2, -0.15) is 0 Å². The van der Waals surface area contributed by atoms with Gasteiger partial charge in [0, 0.05) is 24.2 Å². The van der Waals surface area contributed by atoms with Crippen LogP contribution >= 0.6 is 0 Å². The lowest BCUT2D eigenvalue weighted by atomic mass is 9.78. The maximum absolute atomic E-state index is 12.6. The number of nitro benzene ring substituents is 1. The molecule has 6 heteroatoms. The molecule has 0 aromatic heterocycles. The van der Waals surface area contributed by atoms with E-state index in [1.807, 2.05) is 4.90 Å². The number of aryl methyl sites for hydroxylation is 1. The second-order valence-corrected chi connectivity index (χ2v) is 6.84. The number of rotatable bonds is 4. The topological polar surface area (TPSA) is 72.7 Å². The summed E-state index contributed by atoms with van der Waals surface area (Å²) in [6, 6.07) is 4.97. The highest BCUT2D eigenvalue weighted by molar-refractivity contribution is 5.78. The van der Waals surface area contributed by atoms with Gasteiger partial charge in [-0.25, -0.2) is 0 Å². The normalized spacial score (nSPS) is 23.5. The number of nitrogens with zero attached hydrogens (tertiary/aromatic N) is 2. The van der Waals surface area contributed by atoms with Gasteiger partial charge in [0.05, 0.1) is 4.92 Å². The van der Waals surface area contributed by atoms with Crippen molar-refractivity contribution in [2.75, 3.05) is 13.2 Å². The Labute approximate surface area is 141 Å². The molecule has 1 saturated heterocycles. The van der Waals surface area contributed by atoms with E-state index in [0.717, 1.165) is 19.4 Å². The summed E-state index contributed by atoms with van der Waals surface area (Å²) in [5.74, 6) is 1.18. The van der Waals surface area contributed by atoms with Crippen LogP contribution < -0.4 is 4.74 Å². The van der Waals surface area contributed by atoms with E-state index in [-0.39, 0.29) is 18.2 Å². The Balaban J connectivity index is 1.60. The van der Waals surface area contributed by atoms with Gasteiger partial charge in [0.25, 0.3) is 11.6 Å². The summed E-state index contributed by atoms with van der Waals surface area (Å²) in [6.45, 7) is 2.49.